The number of ether oxygens (including phenoxy) is 2. The standard InChI is InChI=1S/C26H29B3N8O5/c1-37-19(24(39)30-10-5-11-41-2)12-17(36-37)15-6-4-7-16(22(15)42-3)31-18-13-20(32-23(38)14-8-9-14)34-35-21(18)25(40)33-26(27,28)29/h4,6-7,12-14H,5,8-11H2,1-3H3,(H,30,39)(H,33,40)(H2,31,32,34,38). The van der Waals surface area contributed by atoms with Crippen LogP contribution in [-0.2, 0) is 16.6 Å². The lowest BCUT2D eigenvalue weighted by Crippen LogP contribution is -2.50. The van der Waals surface area contributed by atoms with Crippen LogP contribution in [0.15, 0.2) is 30.3 Å². The van der Waals surface area contributed by atoms with E-state index >= 15 is 0 Å². The van der Waals surface area contributed by atoms with Gasteiger partial charge in [-0.3, -0.25) is 19.1 Å². The predicted octanol–water partition coefficient (Wildman–Crippen LogP) is 0.591. The highest BCUT2D eigenvalue weighted by Crippen LogP contribution is 2.38. The Morgan fingerprint density at radius 2 is 1.83 bits per heavy atom. The van der Waals surface area contributed by atoms with Crippen molar-refractivity contribution in [3.8, 4) is 17.0 Å². The lowest BCUT2D eigenvalue weighted by atomic mass is 9.49. The minimum Gasteiger partial charge on any atom is -0.494 e. The van der Waals surface area contributed by atoms with E-state index in [2.05, 4.69) is 36.6 Å². The molecule has 0 atom stereocenters. The third-order valence-corrected chi connectivity index (χ3v) is 6.23. The third kappa shape index (κ3) is 7.69. The van der Waals surface area contributed by atoms with Gasteiger partial charge < -0.3 is 30.7 Å². The number of carbonyl (C=O) groups is 3. The Bertz CT molecular complexity index is 1470. The summed E-state index contributed by atoms with van der Waals surface area (Å²) in [6, 6.07) is 8.33. The first-order valence-electron chi connectivity index (χ1n) is 13.1. The maximum absolute atomic E-state index is 12.9. The minimum atomic E-state index is -2.01. The highest BCUT2D eigenvalue weighted by molar-refractivity contribution is 6.60. The molecule has 0 unspecified atom stereocenters. The van der Waals surface area contributed by atoms with Gasteiger partial charge in [0.2, 0.25) is 5.91 Å². The minimum absolute atomic E-state index is 0.0778. The molecule has 0 aliphatic heterocycles. The molecule has 0 bridgehead atoms. The average Bonchev–Trinajstić information content (AvgIpc) is 3.71. The summed E-state index contributed by atoms with van der Waals surface area (Å²) < 4.78 is 12.2. The van der Waals surface area contributed by atoms with Crippen molar-refractivity contribution in [3.63, 3.8) is 0 Å². The number of hydrogen-bond acceptors (Lipinski definition) is 9. The van der Waals surface area contributed by atoms with Crippen molar-refractivity contribution in [3.05, 3.63) is 41.7 Å². The lowest BCUT2D eigenvalue weighted by Gasteiger charge is -2.23. The lowest BCUT2D eigenvalue weighted by molar-refractivity contribution is -0.117. The number of amides is 3. The molecule has 42 heavy (non-hydrogen) atoms. The van der Waals surface area contributed by atoms with Gasteiger partial charge in [0.25, 0.3) is 11.8 Å². The molecule has 6 radical (unpaired) electrons. The monoisotopic (exact) mass is 566 g/mol. The fourth-order valence-corrected chi connectivity index (χ4v) is 4.07. The quantitative estimate of drug-likeness (QED) is 0.172. The summed E-state index contributed by atoms with van der Waals surface area (Å²) in [5.41, 5.74) is 1.78. The molecule has 2 aromatic heterocycles. The maximum atomic E-state index is 12.9. The molecule has 13 nitrogen and oxygen atoms in total. The summed E-state index contributed by atoms with van der Waals surface area (Å²) in [5, 5.41) is 21.3. The number of hydrogen-bond donors (Lipinski definition) is 4. The van der Waals surface area contributed by atoms with Crippen molar-refractivity contribution in [1.82, 2.24) is 30.6 Å². The predicted molar refractivity (Wildman–Crippen MR) is 158 cm³/mol. The van der Waals surface area contributed by atoms with Crippen LogP contribution in [0, 0.1) is 5.92 Å². The van der Waals surface area contributed by atoms with E-state index in [0.29, 0.717) is 48.0 Å². The molecule has 4 rings (SSSR count). The van der Waals surface area contributed by atoms with E-state index in [4.69, 9.17) is 33.0 Å². The molecule has 16 heteroatoms. The zero-order valence-corrected chi connectivity index (χ0v) is 23.6. The molecule has 0 saturated heterocycles. The molecule has 1 aromatic carbocycles. The van der Waals surface area contributed by atoms with Gasteiger partial charge in [0.1, 0.15) is 5.69 Å². The van der Waals surface area contributed by atoms with Crippen molar-refractivity contribution in [2.75, 3.05) is 38.0 Å². The highest BCUT2D eigenvalue weighted by atomic mass is 16.5. The fourth-order valence-electron chi connectivity index (χ4n) is 4.07. The van der Waals surface area contributed by atoms with E-state index in [1.807, 2.05) is 0 Å². The first-order chi connectivity index (χ1) is 20.0. The number of benzene rings is 1. The second-order valence-electron chi connectivity index (χ2n) is 9.79. The molecular weight excluding hydrogens is 537 g/mol. The highest BCUT2D eigenvalue weighted by Gasteiger charge is 2.30. The van der Waals surface area contributed by atoms with Gasteiger partial charge in [-0.15, -0.1) is 10.2 Å². The smallest absolute Gasteiger partial charge is 0.272 e. The van der Waals surface area contributed by atoms with E-state index in [9.17, 15) is 14.4 Å². The Balaban J connectivity index is 1.66. The number of nitrogens with zero attached hydrogens (tertiary/aromatic N) is 4. The summed E-state index contributed by atoms with van der Waals surface area (Å²) in [6.45, 7) is 0.985. The molecule has 1 aliphatic rings. The van der Waals surface area contributed by atoms with Crippen LogP contribution in [0.4, 0.5) is 17.2 Å². The summed E-state index contributed by atoms with van der Waals surface area (Å²) in [5.74, 6) is -0.863. The molecule has 1 aliphatic carbocycles. The van der Waals surface area contributed by atoms with Crippen molar-refractivity contribution in [1.29, 1.82) is 0 Å². The number of para-hydroxylation sites is 1. The third-order valence-electron chi connectivity index (χ3n) is 6.23. The Hall–Kier alpha value is -4.33. The van der Waals surface area contributed by atoms with Gasteiger partial charge in [0.05, 0.1) is 47.7 Å². The van der Waals surface area contributed by atoms with Crippen LogP contribution in [0.2, 0.25) is 0 Å². The van der Waals surface area contributed by atoms with Gasteiger partial charge in [-0.1, -0.05) is 11.3 Å². The molecule has 2 heterocycles. The van der Waals surface area contributed by atoms with Crippen LogP contribution >= 0.6 is 0 Å². The Morgan fingerprint density at radius 1 is 1.07 bits per heavy atom. The second-order valence-corrected chi connectivity index (χ2v) is 9.79. The molecule has 0 spiro atoms. The van der Waals surface area contributed by atoms with Crippen LogP contribution in [0.25, 0.3) is 11.3 Å². The SMILES string of the molecule is [B]C([B])([B])NC(=O)c1nnc(NC(=O)C2CC2)cc1Nc1cccc(-c2cc(C(=O)NCCCOC)n(C)n2)c1OC. The number of nitrogens with one attached hydrogen (secondary N) is 4. The molecule has 212 valence electrons. The van der Waals surface area contributed by atoms with Crippen LogP contribution in [0.5, 0.6) is 5.75 Å². The maximum Gasteiger partial charge on any atom is 0.272 e. The second kappa shape index (κ2) is 13.1. The van der Waals surface area contributed by atoms with Gasteiger partial charge >= 0.3 is 0 Å². The molecule has 1 saturated carbocycles. The largest absolute Gasteiger partial charge is 0.494 e. The topological polar surface area (TPSA) is 161 Å². The van der Waals surface area contributed by atoms with E-state index < -0.39 is 11.1 Å². The van der Waals surface area contributed by atoms with Gasteiger partial charge in [0, 0.05) is 44.9 Å². The number of rotatable bonds is 13. The number of carbonyl (C=O) groups excluding carboxylic acids is 3. The Kier molecular flexibility index (Phi) is 9.56. The molecule has 3 aromatic rings. The first-order valence-corrected chi connectivity index (χ1v) is 13.1. The summed E-state index contributed by atoms with van der Waals surface area (Å²) >= 11 is 0. The van der Waals surface area contributed by atoms with Crippen LogP contribution < -0.4 is 26.0 Å². The molecular formula is C26H29B3N8O5. The van der Waals surface area contributed by atoms with Crippen molar-refractivity contribution in [2.45, 2.75) is 24.5 Å². The first kappa shape index (κ1) is 30.6. The summed E-state index contributed by atoms with van der Waals surface area (Å²) in [4.78, 5) is 38.0. The van der Waals surface area contributed by atoms with E-state index in [-0.39, 0.29) is 34.9 Å². The van der Waals surface area contributed by atoms with Gasteiger partial charge in [-0.2, -0.15) is 5.10 Å². The Labute approximate surface area is 247 Å². The number of aryl methyl sites for hydroxylation is 1. The molecule has 1 fully saturated rings. The van der Waals surface area contributed by atoms with Gasteiger partial charge in [0.15, 0.2) is 17.3 Å². The van der Waals surface area contributed by atoms with Crippen LogP contribution in [0.1, 0.15) is 40.2 Å². The normalized spacial score (nSPS) is 12.8. The average molecular weight is 566 g/mol. The number of anilines is 3. The number of aromatic nitrogens is 4. The zero-order valence-electron chi connectivity index (χ0n) is 23.6. The van der Waals surface area contributed by atoms with Crippen molar-refractivity contribution < 1.29 is 23.9 Å². The van der Waals surface area contributed by atoms with Gasteiger partial charge in [-0.05, 0) is 37.5 Å². The van der Waals surface area contributed by atoms with E-state index in [1.54, 1.807) is 38.4 Å². The van der Waals surface area contributed by atoms with Gasteiger partial charge in [-0.25, -0.2) is 0 Å². The van der Waals surface area contributed by atoms with Crippen molar-refractivity contribution >= 4 is 58.5 Å². The fraction of sp³-hybridized carbons (Fsp3) is 0.385. The zero-order chi connectivity index (χ0) is 30.4. The number of methoxy groups -OCH3 is 2. The summed E-state index contributed by atoms with van der Waals surface area (Å²) in [7, 11) is 21.4. The van der Waals surface area contributed by atoms with Crippen LogP contribution in [-0.4, -0.2) is 93.8 Å². The molecule has 4 N–H and O–H groups in total. The van der Waals surface area contributed by atoms with Crippen molar-refractivity contribution in [2.24, 2.45) is 13.0 Å². The van der Waals surface area contributed by atoms with Crippen LogP contribution in [0.3, 0.4) is 0 Å². The Morgan fingerprint density at radius 3 is 2.50 bits per heavy atom. The molecule has 3 amide bonds. The van der Waals surface area contributed by atoms with E-state index in [0.717, 1.165) is 12.8 Å². The van der Waals surface area contributed by atoms with E-state index in [1.165, 1.54) is 17.9 Å². The summed E-state index contributed by atoms with van der Waals surface area (Å²) in [6.07, 6.45) is 2.27.